The molecule has 1 fully saturated rings. The number of carbonyl (C=O) groups is 1. The van der Waals surface area contributed by atoms with Gasteiger partial charge in [-0.1, -0.05) is 30.3 Å². The van der Waals surface area contributed by atoms with E-state index in [0.717, 1.165) is 5.56 Å². The molecule has 1 heterocycles. The van der Waals surface area contributed by atoms with Gasteiger partial charge in [0.2, 0.25) is 0 Å². The van der Waals surface area contributed by atoms with E-state index in [1.165, 1.54) is 0 Å². The van der Waals surface area contributed by atoms with E-state index in [2.05, 4.69) is 5.32 Å². The first-order valence-corrected chi connectivity index (χ1v) is 8.12. The summed E-state index contributed by atoms with van der Waals surface area (Å²) in [5.74, 6) is -0.841. The molecule has 0 aromatic heterocycles. The average Bonchev–Trinajstić information content (AvgIpc) is 2.47. The largest absolute Gasteiger partial charge is 0.444 e. The van der Waals surface area contributed by atoms with Gasteiger partial charge in [0.1, 0.15) is 17.8 Å². The molecule has 0 bridgehead atoms. The number of carbonyl (C=O) groups excluding carboxylic acids is 1. The maximum atomic E-state index is 12.3. The SMILES string of the molecule is CC(C)(C)OC(=O)N[C@H](c1ccccc1)[C@@H]1OC(C)(C)OC[C@@H]1O. The van der Waals surface area contributed by atoms with Crippen LogP contribution < -0.4 is 5.32 Å². The van der Waals surface area contributed by atoms with Gasteiger partial charge < -0.3 is 24.6 Å². The van der Waals surface area contributed by atoms with E-state index in [9.17, 15) is 9.90 Å². The molecule has 1 amide bonds. The van der Waals surface area contributed by atoms with Crippen LogP contribution in [-0.4, -0.2) is 41.4 Å². The lowest BCUT2D eigenvalue weighted by atomic mass is 9.96. The number of nitrogens with one attached hydrogen (secondary N) is 1. The molecule has 2 N–H and O–H groups in total. The minimum Gasteiger partial charge on any atom is -0.444 e. The summed E-state index contributed by atoms with van der Waals surface area (Å²) in [6, 6.07) is 8.82. The molecular formula is C18H27NO5. The van der Waals surface area contributed by atoms with Crippen molar-refractivity contribution in [3.05, 3.63) is 35.9 Å². The summed E-state index contributed by atoms with van der Waals surface area (Å²) < 4.78 is 16.7. The number of benzene rings is 1. The molecule has 0 radical (unpaired) electrons. The van der Waals surface area contributed by atoms with E-state index in [-0.39, 0.29) is 6.61 Å². The van der Waals surface area contributed by atoms with E-state index in [1.807, 2.05) is 30.3 Å². The number of hydrogen-bond donors (Lipinski definition) is 2. The van der Waals surface area contributed by atoms with Gasteiger partial charge in [-0.2, -0.15) is 0 Å². The predicted molar refractivity (Wildman–Crippen MR) is 89.5 cm³/mol. The minimum atomic E-state index is -0.863. The lowest BCUT2D eigenvalue weighted by Crippen LogP contribution is -2.54. The highest BCUT2D eigenvalue weighted by Crippen LogP contribution is 2.31. The highest BCUT2D eigenvalue weighted by atomic mass is 16.7. The molecule has 1 aliphatic rings. The topological polar surface area (TPSA) is 77.0 Å². The van der Waals surface area contributed by atoms with Gasteiger partial charge in [0.15, 0.2) is 5.79 Å². The van der Waals surface area contributed by atoms with Crippen LogP contribution in [0.5, 0.6) is 0 Å². The van der Waals surface area contributed by atoms with E-state index < -0.39 is 35.7 Å². The molecule has 6 heteroatoms. The molecule has 0 saturated carbocycles. The Bertz CT molecular complexity index is 552. The van der Waals surface area contributed by atoms with Gasteiger partial charge in [-0.25, -0.2) is 4.79 Å². The number of rotatable bonds is 3. The fraction of sp³-hybridized carbons (Fsp3) is 0.611. The minimum absolute atomic E-state index is 0.136. The first-order chi connectivity index (χ1) is 11.1. The van der Waals surface area contributed by atoms with Crippen LogP contribution >= 0.6 is 0 Å². The Morgan fingerprint density at radius 3 is 2.54 bits per heavy atom. The Kier molecular flexibility index (Phi) is 5.52. The fourth-order valence-corrected chi connectivity index (χ4v) is 2.56. The summed E-state index contributed by atoms with van der Waals surface area (Å²) in [6.45, 7) is 9.09. The number of aliphatic hydroxyl groups excluding tert-OH is 1. The second-order valence-electron chi connectivity index (χ2n) is 7.40. The highest BCUT2D eigenvalue weighted by molar-refractivity contribution is 5.68. The Labute approximate surface area is 143 Å². The van der Waals surface area contributed by atoms with Gasteiger partial charge in [-0.05, 0) is 40.2 Å². The second-order valence-corrected chi connectivity index (χ2v) is 7.40. The van der Waals surface area contributed by atoms with Gasteiger partial charge >= 0.3 is 6.09 Å². The van der Waals surface area contributed by atoms with E-state index in [4.69, 9.17) is 14.2 Å². The Morgan fingerprint density at radius 2 is 1.96 bits per heavy atom. The summed E-state index contributed by atoms with van der Waals surface area (Å²) in [6.07, 6.45) is -2.07. The molecule has 134 valence electrons. The maximum Gasteiger partial charge on any atom is 0.408 e. The Hall–Kier alpha value is -1.63. The zero-order valence-electron chi connectivity index (χ0n) is 14.9. The smallest absolute Gasteiger partial charge is 0.408 e. The molecule has 6 nitrogen and oxygen atoms in total. The van der Waals surface area contributed by atoms with Gasteiger partial charge in [0, 0.05) is 0 Å². The molecule has 0 aliphatic carbocycles. The number of hydrogen-bond acceptors (Lipinski definition) is 5. The summed E-state index contributed by atoms with van der Waals surface area (Å²) in [7, 11) is 0. The molecular weight excluding hydrogens is 310 g/mol. The average molecular weight is 337 g/mol. The van der Waals surface area contributed by atoms with Crippen LogP contribution in [-0.2, 0) is 14.2 Å². The van der Waals surface area contributed by atoms with Crippen LogP contribution in [0.2, 0.25) is 0 Å². The number of alkyl carbamates (subject to hydrolysis) is 1. The van der Waals surface area contributed by atoms with Crippen molar-refractivity contribution in [2.24, 2.45) is 0 Å². The standard InChI is InChI=1S/C18H27NO5/c1-17(2,3)24-16(21)19-14(12-9-7-6-8-10-12)15-13(20)11-22-18(4,5)23-15/h6-10,13-15,20H,11H2,1-5H3,(H,19,21)/t13-,14+,15+/m0/s1. The van der Waals surface area contributed by atoms with Crippen molar-refractivity contribution < 1.29 is 24.1 Å². The fourth-order valence-electron chi connectivity index (χ4n) is 2.56. The van der Waals surface area contributed by atoms with Gasteiger partial charge in [-0.15, -0.1) is 0 Å². The highest BCUT2D eigenvalue weighted by Gasteiger charge is 2.41. The van der Waals surface area contributed by atoms with Crippen LogP contribution in [0.3, 0.4) is 0 Å². The molecule has 1 aliphatic heterocycles. The summed E-state index contributed by atoms with van der Waals surface area (Å²) in [5.41, 5.74) is 0.213. The van der Waals surface area contributed by atoms with Crippen LogP contribution in [0.15, 0.2) is 30.3 Å². The number of amides is 1. The first-order valence-electron chi connectivity index (χ1n) is 8.12. The van der Waals surface area contributed by atoms with Crippen molar-refractivity contribution in [1.82, 2.24) is 5.32 Å². The van der Waals surface area contributed by atoms with Crippen LogP contribution in [0.1, 0.15) is 46.2 Å². The molecule has 2 rings (SSSR count). The van der Waals surface area contributed by atoms with Crippen LogP contribution in [0.4, 0.5) is 4.79 Å². The Balaban J connectivity index is 2.24. The summed E-state index contributed by atoms with van der Waals surface area (Å²) in [5, 5.41) is 13.2. The van der Waals surface area contributed by atoms with Crippen LogP contribution in [0, 0.1) is 0 Å². The third kappa shape index (κ3) is 5.19. The van der Waals surface area contributed by atoms with Crippen molar-refractivity contribution in [1.29, 1.82) is 0 Å². The number of aliphatic hydroxyl groups is 1. The second kappa shape index (κ2) is 7.09. The van der Waals surface area contributed by atoms with Crippen molar-refractivity contribution in [3.8, 4) is 0 Å². The Morgan fingerprint density at radius 1 is 1.33 bits per heavy atom. The van der Waals surface area contributed by atoms with Gasteiger partial charge in [0.25, 0.3) is 0 Å². The van der Waals surface area contributed by atoms with Crippen molar-refractivity contribution >= 4 is 6.09 Å². The summed E-state index contributed by atoms with van der Waals surface area (Å²) in [4.78, 5) is 12.3. The van der Waals surface area contributed by atoms with E-state index >= 15 is 0 Å². The molecule has 24 heavy (non-hydrogen) atoms. The predicted octanol–water partition coefficient (Wildman–Crippen LogP) is 2.76. The third-order valence-electron chi connectivity index (χ3n) is 3.56. The molecule has 1 aromatic rings. The summed E-state index contributed by atoms with van der Waals surface area (Å²) >= 11 is 0. The normalized spacial score (nSPS) is 24.9. The first kappa shape index (κ1) is 18.7. The third-order valence-corrected chi connectivity index (χ3v) is 3.56. The lowest BCUT2D eigenvalue weighted by Gasteiger charge is -2.42. The molecule has 1 aromatic carbocycles. The zero-order valence-corrected chi connectivity index (χ0v) is 14.9. The number of ether oxygens (including phenoxy) is 3. The lowest BCUT2D eigenvalue weighted by molar-refractivity contribution is -0.309. The maximum absolute atomic E-state index is 12.3. The van der Waals surface area contributed by atoms with Crippen LogP contribution in [0.25, 0.3) is 0 Å². The quantitative estimate of drug-likeness (QED) is 0.887. The monoisotopic (exact) mass is 337 g/mol. The van der Waals surface area contributed by atoms with Crippen molar-refractivity contribution in [2.75, 3.05) is 6.61 Å². The molecule has 1 saturated heterocycles. The van der Waals surface area contributed by atoms with E-state index in [0.29, 0.717) is 0 Å². The van der Waals surface area contributed by atoms with E-state index in [1.54, 1.807) is 34.6 Å². The molecule has 0 unspecified atom stereocenters. The van der Waals surface area contributed by atoms with Crippen molar-refractivity contribution in [3.63, 3.8) is 0 Å². The van der Waals surface area contributed by atoms with Crippen molar-refractivity contribution in [2.45, 2.75) is 64.3 Å². The molecule has 0 spiro atoms. The molecule has 3 atom stereocenters. The van der Waals surface area contributed by atoms with Gasteiger partial charge in [-0.3, -0.25) is 0 Å². The zero-order chi connectivity index (χ0) is 18.0. The van der Waals surface area contributed by atoms with Gasteiger partial charge in [0.05, 0.1) is 12.6 Å².